The average Bonchev–Trinajstić information content (AvgIpc) is 2.12. The number of aromatic nitrogens is 1. The second-order valence-electron chi connectivity index (χ2n) is 2.13. The fraction of sp³-hybridized carbons (Fsp3) is 0.286. The molecule has 0 aliphatic heterocycles. The van der Waals surface area contributed by atoms with Crippen LogP contribution in [0.3, 0.4) is 0 Å². The van der Waals surface area contributed by atoms with Crippen LogP contribution in [0.5, 0.6) is 0 Å². The Morgan fingerprint density at radius 3 is 2.44 bits per heavy atom. The first-order chi connectivity index (χ1) is 4.25. The van der Waals surface area contributed by atoms with Crippen molar-refractivity contribution in [3.63, 3.8) is 0 Å². The van der Waals surface area contributed by atoms with Gasteiger partial charge in [-0.15, -0.1) is 0 Å². The molecule has 1 heterocycles. The van der Waals surface area contributed by atoms with Crippen LogP contribution in [-0.4, -0.2) is 11.3 Å². The van der Waals surface area contributed by atoms with Crippen molar-refractivity contribution in [3.05, 3.63) is 23.0 Å². The van der Waals surface area contributed by atoms with Gasteiger partial charge < -0.3 is 4.98 Å². The molecule has 0 saturated carbocycles. The van der Waals surface area contributed by atoms with Gasteiger partial charge in [-0.05, 0) is 19.4 Å². The SMILES string of the molecule is Cc1c[nH]c(C)c1C=O. The Kier molecular flexibility index (Phi) is 1.39. The van der Waals surface area contributed by atoms with Gasteiger partial charge in [0.2, 0.25) is 0 Å². The van der Waals surface area contributed by atoms with Gasteiger partial charge in [-0.3, -0.25) is 4.79 Å². The molecule has 0 aliphatic rings. The Morgan fingerprint density at radius 1 is 1.56 bits per heavy atom. The molecule has 1 N–H and O–H groups in total. The minimum atomic E-state index is 0.787. The predicted octanol–water partition coefficient (Wildman–Crippen LogP) is 1.44. The van der Waals surface area contributed by atoms with Crippen molar-refractivity contribution < 1.29 is 4.79 Å². The van der Waals surface area contributed by atoms with E-state index in [0.717, 1.165) is 23.1 Å². The highest BCUT2D eigenvalue weighted by atomic mass is 16.1. The van der Waals surface area contributed by atoms with Crippen LogP contribution in [0.15, 0.2) is 6.20 Å². The Labute approximate surface area is 53.9 Å². The van der Waals surface area contributed by atoms with Gasteiger partial charge >= 0.3 is 0 Å². The Morgan fingerprint density at radius 2 is 2.22 bits per heavy atom. The third-order valence-electron chi connectivity index (χ3n) is 1.45. The molecule has 0 unspecified atom stereocenters. The van der Waals surface area contributed by atoms with Crippen molar-refractivity contribution in [1.29, 1.82) is 0 Å². The third-order valence-corrected chi connectivity index (χ3v) is 1.45. The summed E-state index contributed by atoms with van der Waals surface area (Å²) in [5, 5.41) is 0. The summed E-state index contributed by atoms with van der Waals surface area (Å²) in [5.74, 6) is 0. The largest absolute Gasteiger partial charge is 0.364 e. The monoisotopic (exact) mass is 123 g/mol. The lowest BCUT2D eigenvalue weighted by molar-refractivity contribution is 0.112. The first-order valence-corrected chi connectivity index (χ1v) is 2.85. The van der Waals surface area contributed by atoms with Crippen LogP contribution in [0.1, 0.15) is 21.6 Å². The molecule has 1 aromatic heterocycles. The lowest BCUT2D eigenvalue weighted by atomic mass is 10.2. The molecule has 0 aliphatic carbocycles. The molecule has 1 aromatic rings. The number of aryl methyl sites for hydroxylation is 2. The lowest BCUT2D eigenvalue weighted by Gasteiger charge is -1.85. The van der Waals surface area contributed by atoms with Gasteiger partial charge in [-0.1, -0.05) is 0 Å². The zero-order chi connectivity index (χ0) is 6.85. The predicted molar refractivity (Wildman–Crippen MR) is 35.7 cm³/mol. The van der Waals surface area contributed by atoms with E-state index in [4.69, 9.17) is 0 Å². The van der Waals surface area contributed by atoms with Crippen molar-refractivity contribution >= 4 is 6.29 Å². The number of aromatic amines is 1. The lowest BCUT2D eigenvalue weighted by Crippen LogP contribution is -1.81. The minimum absolute atomic E-state index is 0.787. The smallest absolute Gasteiger partial charge is 0.152 e. The van der Waals surface area contributed by atoms with E-state index in [1.807, 2.05) is 20.0 Å². The van der Waals surface area contributed by atoms with E-state index >= 15 is 0 Å². The quantitative estimate of drug-likeness (QED) is 0.563. The van der Waals surface area contributed by atoms with Gasteiger partial charge in [0, 0.05) is 17.5 Å². The molecule has 48 valence electrons. The number of H-pyrrole nitrogens is 1. The summed E-state index contributed by atoms with van der Waals surface area (Å²) in [6.07, 6.45) is 2.71. The van der Waals surface area contributed by atoms with Crippen LogP contribution >= 0.6 is 0 Å². The molecule has 0 saturated heterocycles. The summed E-state index contributed by atoms with van der Waals surface area (Å²) < 4.78 is 0. The molecular weight excluding hydrogens is 114 g/mol. The van der Waals surface area contributed by atoms with E-state index in [0.29, 0.717) is 0 Å². The molecule has 2 nitrogen and oxygen atoms in total. The van der Waals surface area contributed by atoms with Gasteiger partial charge in [0.1, 0.15) is 0 Å². The zero-order valence-corrected chi connectivity index (χ0v) is 5.56. The number of hydrogen-bond acceptors (Lipinski definition) is 1. The second kappa shape index (κ2) is 2.05. The van der Waals surface area contributed by atoms with Crippen molar-refractivity contribution in [2.45, 2.75) is 13.8 Å². The summed E-state index contributed by atoms with van der Waals surface area (Å²) in [6.45, 7) is 3.80. The third kappa shape index (κ3) is 0.875. The first-order valence-electron chi connectivity index (χ1n) is 2.85. The first kappa shape index (κ1) is 6.08. The Bertz CT molecular complexity index is 205. The van der Waals surface area contributed by atoms with E-state index in [9.17, 15) is 4.79 Å². The second-order valence-corrected chi connectivity index (χ2v) is 2.13. The Hall–Kier alpha value is -1.05. The average molecular weight is 123 g/mol. The van der Waals surface area contributed by atoms with Gasteiger partial charge in [-0.25, -0.2) is 0 Å². The van der Waals surface area contributed by atoms with Crippen LogP contribution in [0, 0.1) is 13.8 Å². The molecule has 0 aromatic carbocycles. The van der Waals surface area contributed by atoms with Crippen molar-refractivity contribution in [2.24, 2.45) is 0 Å². The molecule has 0 atom stereocenters. The number of hydrogen-bond donors (Lipinski definition) is 1. The summed E-state index contributed by atoms with van der Waals surface area (Å²) >= 11 is 0. The van der Waals surface area contributed by atoms with Crippen molar-refractivity contribution in [2.75, 3.05) is 0 Å². The maximum absolute atomic E-state index is 10.3. The zero-order valence-electron chi connectivity index (χ0n) is 5.56. The van der Waals surface area contributed by atoms with Crippen LogP contribution < -0.4 is 0 Å². The normalized spacial score (nSPS) is 9.56. The maximum atomic E-state index is 10.3. The van der Waals surface area contributed by atoms with Gasteiger partial charge in [-0.2, -0.15) is 0 Å². The Balaban J connectivity index is 3.22. The summed E-state index contributed by atoms with van der Waals surface area (Å²) in [7, 11) is 0. The standard InChI is InChI=1S/C7H9NO/c1-5-3-8-6(2)7(5)4-9/h3-4,8H,1-2H3. The topological polar surface area (TPSA) is 32.9 Å². The van der Waals surface area contributed by atoms with E-state index in [1.54, 1.807) is 0 Å². The molecule has 2 heteroatoms. The molecule has 0 fully saturated rings. The fourth-order valence-electron chi connectivity index (χ4n) is 0.849. The van der Waals surface area contributed by atoms with Gasteiger partial charge in [0.15, 0.2) is 6.29 Å². The molecule has 1 rings (SSSR count). The summed E-state index contributed by atoms with van der Waals surface area (Å²) in [4.78, 5) is 13.2. The minimum Gasteiger partial charge on any atom is -0.364 e. The fourth-order valence-corrected chi connectivity index (χ4v) is 0.849. The number of nitrogens with one attached hydrogen (secondary N) is 1. The van der Waals surface area contributed by atoms with Crippen LogP contribution in [0.25, 0.3) is 0 Å². The number of aldehydes is 1. The van der Waals surface area contributed by atoms with Crippen LogP contribution in [0.2, 0.25) is 0 Å². The maximum Gasteiger partial charge on any atom is 0.152 e. The van der Waals surface area contributed by atoms with E-state index in [-0.39, 0.29) is 0 Å². The van der Waals surface area contributed by atoms with Crippen LogP contribution in [-0.2, 0) is 0 Å². The van der Waals surface area contributed by atoms with E-state index < -0.39 is 0 Å². The molecule has 0 amide bonds. The molecule has 0 bridgehead atoms. The molecule has 0 spiro atoms. The van der Waals surface area contributed by atoms with E-state index in [2.05, 4.69) is 4.98 Å². The van der Waals surface area contributed by atoms with E-state index in [1.165, 1.54) is 0 Å². The highest BCUT2D eigenvalue weighted by molar-refractivity contribution is 5.78. The molecular formula is C7H9NO. The number of carbonyl (C=O) groups excluding carboxylic acids is 1. The van der Waals surface area contributed by atoms with Crippen LogP contribution in [0.4, 0.5) is 0 Å². The summed E-state index contributed by atoms with van der Waals surface area (Å²) in [6, 6.07) is 0. The van der Waals surface area contributed by atoms with Crippen molar-refractivity contribution in [3.8, 4) is 0 Å². The van der Waals surface area contributed by atoms with Gasteiger partial charge in [0.25, 0.3) is 0 Å². The van der Waals surface area contributed by atoms with Gasteiger partial charge in [0.05, 0.1) is 0 Å². The molecule has 0 radical (unpaired) electrons. The highest BCUT2D eigenvalue weighted by Gasteiger charge is 1.99. The molecule has 9 heavy (non-hydrogen) atoms. The number of rotatable bonds is 1. The number of carbonyl (C=O) groups is 1. The van der Waals surface area contributed by atoms with Crippen molar-refractivity contribution in [1.82, 2.24) is 4.98 Å². The highest BCUT2D eigenvalue weighted by Crippen LogP contribution is 2.07. The summed E-state index contributed by atoms with van der Waals surface area (Å²) in [5.41, 5.74) is 2.75.